The minimum atomic E-state index is -0.484. The van der Waals surface area contributed by atoms with Crippen molar-refractivity contribution < 1.29 is 23.1 Å². The van der Waals surface area contributed by atoms with Gasteiger partial charge in [0.25, 0.3) is 11.8 Å². The molecular formula is C15H13N3O5. The molecule has 8 heteroatoms. The molecule has 0 radical (unpaired) electrons. The lowest BCUT2D eigenvalue weighted by Gasteiger charge is -2.07. The van der Waals surface area contributed by atoms with Gasteiger partial charge in [0, 0.05) is 0 Å². The number of nitrogens with one attached hydrogen (secondary N) is 1. The summed E-state index contributed by atoms with van der Waals surface area (Å²) in [6.07, 6.45) is 1.40. The van der Waals surface area contributed by atoms with E-state index in [2.05, 4.69) is 15.5 Å². The van der Waals surface area contributed by atoms with Crippen molar-refractivity contribution in [3.05, 3.63) is 42.4 Å². The summed E-state index contributed by atoms with van der Waals surface area (Å²) >= 11 is 0. The zero-order chi connectivity index (χ0) is 16.2. The first-order chi connectivity index (χ1) is 11.2. The standard InChI is InChI=1S/C15H13N3O5/c1-20-9-5-6-11(21-2)10(8-9)14-17-18-15(23-14)16-13(19)12-4-3-7-22-12/h3-8H,1-2H3,(H,16,18,19). The summed E-state index contributed by atoms with van der Waals surface area (Å²) in [6.45, 7) is 0. The summed E-state index contributed by atoms with van der Waals surface area (Å²) in [7, 11) is 3.08. The Bertz CT molecular complexity index is 810. The normalized spacial score (nSPS) is 10.3. The third-order valence-electron chi connectivity index (χ3n) is 3.03. The van der Waals surface area contributed by atoms with Crippen LogP contribution in [0.5, 0.6) is 11.5 Å². The average molecular weight is 315 g/mol. The van der Waals surface area contributed by atoms with Gasteiger partial charge in [-0.2, -0.15) is 0 Å². The van der Waals surface area contributed by atoms with Crippen LogP contribution in [0.25, 0.3) is 11.5 Å². The Morgan fingerprint density at radius 1 is 1.17 bits per heavy atom. The van der Waals surface area contributed by atoms with Gasteiger partial charge >= 0.3 is 6.01 Å². The van der Waals surface area contributed by atoms with Crippen molar-refractivity contribution in [2.24, 2.45) is 0 Å². The molecule has 1 amide bonds. The van der Waals surface area contributed by atoms with Gasteiger partial charge in [0.2, 0.25) is 0 Å². The smallest absolute Gasteiger partial charge is 0.322 e. The number of amides is 1. The number of carbonyl (C=O) groups is 1. The molecule has 0 aliphatic rings. The quantitative estimate of drug-likeness (QED) is 0.772. The SMILES string of the molecule is COc1ccc(OC)c(-c2nnc(NC(=O)c3ccco3)o2)c1. The van der Waals surface area contributed by atoms with Gasteiger partial charge in [-0.15, -0.1) is 5.10 Å². The van der Waals surface area contributed by atoms with Crippen LogP contribution in [0.4, 0.5) is 6.01 Å². The molecule has 1 N–H and O–H groups in total. The first-order valence-electron chi connectivity index (χ1n) is 6.62. The first-order valence-corrected chi connectivity index (χ1v) is 6.62. The van der Waals surface area contributed by atoms with Crippen LogP contribution in [0, 0.1) is 0 Å². The molecule has 23 heavy (non-hydrogen) atoms. The van der Waals surface area contributed by atoms with Crippen molar-refractivity contribution in [3.63, 3.8) is 0 Å². The van der Waals surface area contributed by atoms with Crippen molar-refractivity contribution in [1.29, 1.82) is 0 Å². The number of methoxy groups -OCH3 is 2. The lowest BCUT2D eigenvalue weighted by Crippen LogP contribution is -2.10. The number of benzene rings is 1. The number of hydrogen-bond donors (Lipinski definition) is 1. The van der Waals surface area contributed by atoms with Crippen molar-refractivity contribution in [3.8, 4) is 23.0 Å². The monoisotopic (exact) mass is 315 g/mol. The highest BCUT2D eigenvalue weighted by molar-refractivity contribution is 6.00. The van der Waals surface area contributed by atoms with Gasteiger partial charge in [-0.25, -0.2) is 0 Å². The second kappa shape index (κ2) is 6.22. The van der Waals surface area contributed by atoms with E-state index in [9.17, 15) is 4.79 Å². The summed E-state index contributed by atoms with van der Waals surface area (Å²) in [5.74, 6) is 1.00. The minimum Gasteiger partial charge on any atom is -0.497 e. The largest absolute Gasteiger partial charge is 0.497 e. The Balaban J connectivity index is 1.86. The molecule has 0 bridgehead atoms. The Morgan fingerprint density at radius 3 is 2.74 bits per heavy atom. The van der Waals surface area contributed by atoms with Gasteiger partial charge in [0.05, 0.1) is 26.0 Å². The van der Waals surface area contributed by atoms with Crippen molar-refractivity contribution in [2.45, 2.75) is 0 Å². The second-order valence-corrected chi connectivity index (χ2v) is 4.41. The van der Waals surface area contributed by atoms with E-state index in [-0.39, 0.29) is 17.7 Å². The zero-order valence-corrected chi connectivity index (χ0v) is 12.4. The maximum Gasteiger partial charge on any atom is 0.322 e. The van der Waals surface area contributed by atoms with Crippen LogP contribution < -0.4 is 14.8 Å². The van der Waals surface area contributed by atoms with E-state index >= 15 is 0 Å². The van der Waals surface area contributed by atoms with E-state index in [0.29, 0.717) is 17.1 Å². The molecule has 1 aromatic carbocycles. The number of hydrogen-bond acceptors (Lipinski definition) is 7. The molecule has 118 valence electrons. The third-order valence-corrected chi connectivity index (χ3v) is 3.03. The fourth-order valence-electron chi connectivity index (χ4n) is 1.93. The summed E-state index contributed by atoms with van der Waals surface area (Å²) in [5.41, 5.74) is 0.554. The van der Waals surface area contributed by atoms with Crippen LogP contribution in [-0.2, 0) is 0 Å². The zero-order valence-electron chi connectivity index (χ0n) is 12.4. The molecule has 0 saturated heterocycles. The number of furan rings is 1. The minimum absolute atomic E-state index is 0.0497. The van der Waals surface area contributed by atoms with Crippen molar-refractivity contribution >= 4 is 11.9 Å². The van der Waals surface area contributed by atoms with Gasteiger partial charge in [-0.1, -0.05) is 5.10 Å². The van der Waals surface area contributed by atoms with E-state index in [0.717, 1.165) is 0 Å². The molecule has 2 heterocycles. The van der Waals surface area contributed by atoms with E-state index in [1.165, 1.54) is 19.4 Å². The molecule has 0 atom stereocenters. The molecule has 0 unspecified atom stereocenters. The molecule has 3 rings (SSSR count). The summed E-state index contributed by atoms with van der Waals surface area (Å²) < 4.78 is 20.9. The Morgan fingerprint density at radius 2 is 2.04 bits per heavy atom. The van der Waals surface area contributed by atoms with E-state index < -0.39 is 5.91 Å². The van der Waals surface area contributed by atoms with Crippen LogP contribution in [0.15, 0.2) is 45.4 Å². The topological polar surface area (TPSA) is 99.6 Å². The summed E-state index contributed by atoms with van der Waals surface area (Å²) in [6, 6.07) is 8.25. The number of aromatic nitrogens is 2. The highest BCUT2D eigenvalue weighted by Crippen LogP contribution is 2.33. The second-order valence-electron chi connectivity index (χ2n) is 4.41. The van der Waals surface area contributed by atoms with Gasteiger partial charge in [-0.3, -0.25) is 10.1 Å². The number of rotatable bonds is 5. The van der Waals surface area contributed by atoms with Crippen LogP contribution in [0.1, 0.15) is 10.6 Å². The van der Waals surface area contributed by atoms with E-state index in [4.69, 9.17) is 18.3 Å². The Hall–Kier alpha value is -3.29. The lowest BCUT2D eigenvalue weighted by atomic mass is 10.2. The number of anilines is 1. The summed E-state index contributed by atoms with van der Waals surface area (Å²) in [5, 5.41) is 10.1. The highest BCUT2D eigenvalue weighted by atomic mass is 16.5. The molecule has 2 aromatic heterocycles. The van der Waals surface area contributed by atoms with Gasteiger partial charge in [0.15, 0.2) is 5.76 Å². The van der Waals surface area contributed by atoms with Crippen LogP contribution in [0.2, 0.25) is 0 Å². The van der Waals surface area contributed by atoms with Crippen molar-refractivity contribution in [1.82, 2.24) is 10.2 Å². The number of ether oxygens (including phenoxy) is 2. The number of nitrogens with zero attached hydrogens (tertiary/aromatic N) is 2. The van der Waals surface area contributed by atoms with Crippen LogP contribution in [-0.4, -0.2) is 30.3 Å². The van der Waals surface area contributed by atoms with Crippen LogP contribution in [0.3, 0.4) is 0 Å². The molecule has 3 aromatic rings. The fourth-order valence-corrected chi connectivity index (χ4v) is 1.93. The number of carbonyl (C=O) groups excluding carboxylic acids is 1. The van der Waals surface area contributed by atoms with Gasteiger partial charge in [0.1, 0.15) is 11.5 Å². The van der Waals surface area contributed by atoms with E-state index in [1.54, 1.807) is 31.4 Å². The Labute approximate surface area is 131 Å². The summed E-state index contributed by atoms with van der Waals surface area (Å²) in [4.78, 5) is 11.9. The van der Waals surface area contributed by atoms with Crippen LogP contribution >= 0.6 is 0 Å². The van der Waals surface area contributed by atoms with Gasteiger partial charge in [-0.05, 0) is 30.3 Å². The molecule has 0 aliphatic carbocycles. The lowest BCUT2D eigenvalue weighted by molar-refractivity contribution is 0.0994. The third kappa shape index (κ3) is 3.00. The molecule has 0 aliphatic heterocycles. The highest BCUT2D eigenvalue weighted by Gasteiger charge is 2.17. The van der Waals surface area contributed by atoms with Crippen molar-refractivity contribution in [2.75, 3.05) is 19.5 Å². The predicted molar refractivity (Wildman–Crippen MR) is 79.5 cm³/mol. The fraction of sp³-hybridized carbons (Fsp3) is 0.133. The first kappa shape index (κ1) is 14.6. The Kier molecular flexibility index (Phi) is 3.96. The molecule has 8 nitrogen and oxygen atoms in total. The molecule has 0 saturated carbocycles. The maximum atomic E-state index is 11.9. The molecular weight excluding hydrogens is 302 g/mol. The predicted octanol–water partition coefficient (Wildman–Crippen LogP) is 2.60. The molecule has 0 fully saturated rings. The van der Waals surface area contributed by atoms with Gasteiger partial charge < -0.3 is 18.3 Å². The van der Waals surface area contributed by atoms with E-state index in [1.807, 2.05) is 0 Å². The maximum absolute atomic E-state index is 11.9. The average Bonchev–Trinajstić information content (AvgIpc) is 3.26. The molecule has 0 spiro atoms.